The van der Waals surface area contributed by atoms with E-state index < -0.39 is 0 Å². The van der Waals surface area contributed by atoms with Crippen LogP contribution >= 0.6 is 0 Å². The summed E-state index contributed by atoms with van der Waals surface area (Å²) in [6.07, 6.45) is 1.66. The first-order valence-corrected chi connectivity index (χ1v) is 7.35. The maximum atomic E-state index is 11.7. The minimum absolute atomic E-state index is 0.255. The number of ether oxygens (including phenoxy) is 1. The SMILES string of the molecule is O=C1CCCN1Cc1cccc(OCc2ccccc2)c1. The topological polar surface area (TPSA) is 29.5 Å². The number of amides is 1. The van der Waals surface area contributed by atoms with Gasteiger partial charge in [0, 0.05) is 19.5 Å². The van der Waals surface area contributed by atoms with E-state index in [0.29, 0.717) is 19.6 Å². The van der Waals surface area contributed by atoms with E-state index in [2.05, 4.69) is 0 Å². The zero-order chi connectivity index (χ0) is 14.5. The molecule has 1 aliphatic heterocycles. The van der Waals surface area contributed by atoms with Gasteiger partial charge in [-0.1, -0.05) is 42.5 Å². The van der Waals surface area contributed by atoms with Crippen LogP contribution in [0.1, 0.15) is 24.0 Å². The summed E-state index contributed by atoms with van der Waals surface area (Å²) in [6.45, 7) is 2.11. The van der Waals surface area contributed by atoms with Crippen LogP contribution in [0.5, 0.6) is 5.75 Å². The molecule has 0 spiro atoms. The molecule has 21 heavy (non-hydrogen) atoms. The zero-order valence-electron chi connectivity index (χ0n) is 12.0. The van der Waals surface area contributed by atoms with Gasteiger partial charge in [-0.05, 0) is 29.7 Å². The fourth-order valence-corrected chi connectivity index (χ4v) is 2.57. The Morgan fingerprint density at radius 2 is 1.81 bits per heavy atom. The van der Waals surface area contributed by atoms with Crippen molar-refractivity contribution in [2.75, 3.05) is 6.54 Å². The molecule has 0 aliphatic carbocycles. The first-order valence-electron chi connectivity index (χ1n) is 7.35. The highest BCUT2D eigenvalue weighted by molar-refractivity contribution is 5.78. The molecule has 2 aromatic rings. The molecule has 0 unspecified atom stereocenters. The Morgan fingerprint density at radius 3 is 2.57 bits per heavy atom. The summed E-state index contributed by atoms with van der Waals surface area (Å²) in [5.41, 5.74) is 2.27. The first kappa shape index (κ1) is 13.7. The molecule has 0 N–H and O–H groups in total. The lowest BCUT2D eigenvalue weighted by Crippen LogP contribution is -2.23. The number of likely N-dealkylation sites (tertiary alicyclic amines) is 1. The van der Waals surface area contributed by atoms with Crippen LogP contribution in [-0.2, 0) is 17.9 Å². The third-order valence-electron chi connectivity index (χ3n) is 3.69. The smallest absolute Gasteiger partial charge is 0.222 e. The van der Waals surface area contributed by atoms with Gasteiger partial charge in [0.25, 0.3) is 0 Å². The largest absolute Gasteiger partial charge is 0.489 e. The first-order chi connectivity index (χ1) is 10.3. The van der Waals surface area contributed by atoms with E-state index in [9.17, 15) is 4.79 Å². The second kappa shape index (κ2) is 6.44. The number of benzene rings is 2. The van der Waals surface area contributed by atoms with Crippen molar-refractivity contribution >= 4 is 5.91 Å². The number of hydrogen-bond acceptors (Lipinski definition) is 2. The molecule has 0 saturated carbocycles. The van der Waals surface area contributed by atoms with E-state index in [-0.39, 0.29) is 5.91 Å². The number of rotatable bonds is 5. The predicted molar refractivity (Wildman–Crippen MR) is 81.9 cm³/mol. The van der Waals surface area contributed by atoms with Crippen LogP contribution in [0.3, 0.4) is 0 Å². The van der Waals surface area contributed by atoms with Gasteiger partial charge in [-0.2, -0.15) is 0 Å². The van der Waals surface area contributed by atoms with E-state index in [1.165, 1.54) is 0 Å². The van der Waals surface area contributed by atoms with Crippen LogP contribution in [0.25, 0.3) is 0 Å². The molecule has 108 valence electrons. The summed E-state index contributed by atoms with van der Waals surface area (Å²) in [6, 6.07) is 18.1. The average molecular weight is 281 g/mol. The molecule has 0 aromatic heterocycles. The number of nitrogens with zero attached hydrogens (tertiary/aromatic N) is 1. The van der Waals surface area contributed by atoms with Gasteiger partial charge in [-0.25, -0.2) is 0 Å². The Kier molecular flexibility index (Phi) is 4.20. The average Bonchev–Trinajstić information content (AvgIpc) is 2.92. The molecule has 3 rings (SSSR count). The molecule has 3 heteroatoms. The van der Waals surface area contributed by atoms with Crippen LogP contribution < -0.4 is 4.74 Å². The van der Waals surface area contributed by atoms with Gasteiger partial charge >= 0.3 is 0 Å². The Bertz CT molecular complexity index is 610. The highest BCUT2D eigenvalue weighted by Gasteiger charge is 2.19. The number of hydrogen-bond donors (Lipinski definition) is 0. The van der Waals surface area contributed by atoms with Gasteiger partial charge in [0.05, 0.1) is 0 Å². The molecule has 2 aromatic carbocycles. The molecular weight excluding hydrogens is 262 g/mol. The molecular formula is C18H19NO2. The Morgan fingerprint density at radius 1 is 1.00 bits per heavy atom. The Labute approximate surface area is 125 Å². The Hall–Kier alpha value is -2.29. The highest BCUT2D eigenvalue weighted by atomic mass is 16.5. The van der Waals surface area contributed by atoms with E-state index in [4.69, 9.17) is 4.74 Å². The minimum Gasteiger partial charge on any atom is -0.489 e. The van der Waals surface area contributed by atoms with Crippen molar-refractivity contribution in [3.05, 3.63) is 65.7 Å². The molecule has 0 radical (unpaired) electrons. The molecule has 0 bridgehead atoms. The fourth-order valence-electron chi connectivity index (χ4n) is 2.57. The normalized spacial score (nSPS) is 14.5. The molecule has 1 fully saturated rings. The summed E-state index contributed by atoms with van der Waals surface area (Å²) in [5.74, 6) is 1.11. The molecule has 1 heterocycles. The maximum absolute atomic E-state index is 11.7. The second-order valence-corrected chi connectivity index (χ2v) is 5.34. The lowest BCUT2D eigenvalue weighted by molar-refractivity contribution is -0.128. The van der Waals surface area contributed by atoms with E-state index in [1.54, 1.807) is 0 Å². The molecule has 1 amide bonds. The van der Waals surface area contributed by atoms with Crippen LogP contribution in [0.4, 0.5) is 0 Å². The van der Waals surface area contributed by atoms with Crippen molar-refractivity contribution in [2.24, 2.45) is 0 Å². The van der Waals surface area contributed by atoms with Gasteiger partial charge in [0.15, 0.2) is 0 Å². The summed E-state index contributed by atoms with van der Waals surface area (Å²) >= 11 is 0. The van der Waals surface area contributed by atoms with Gasteiger partial charge < -0.3 is 9.64 Å². The van der Waals surface area contributed by atoms with Gasteiger partial charge in [0.2, 0.25) is 5.91 Å². The van der Waals surface area contributed by atoms with Crippen molar-refractivity contribution in [2.45, 2.75) is 26.0 Å². The van der Waals surface area contributed by atoms with Crippen molar-refractivity contribution in [3.8, 4) is 5.75 Å². The lowest BCUT2D eigenvalue weighted by atomic mass is 10.2. The fraction of sp³-hybridized carbons (Fsp3) is 0.278. The van der Waals surface area contributed by atoms with Crippen LogP contribution in [0.15, 0.2) is 54.6 Å². The van der Waals surface area contributed by atoms with E-state index in [1.807, 2.05) is 59.5 Å². The van der Waals surface area contributed by atoms with Gasteiger partial charge in [-0.15, -0.1) is 0 Å². The molecule has 1 saturated heterocycles. The monoisotopic (exact) mass is 281 g/mol. The summed E-state index contributed by atoms with van der Waals surface area (Å²) < 4.78 is 5.82. The minimum atomic E-state index is 0.255. The maximum Gasteiger partial charge on any atom is 0.222 e. The van der Waals surface area contributed by atoms with E-state index in [0.717, 1.165) is 29.8 Å². The van der Waals surface area contributed by atoms with Crippen molar-refractivity contribution in [3.63, 3.8) is 0 Å². The lowest BCUT2D eigenvalue weighted by Gasteiger charge is -2.16. The van der Waals surface area contributed by atoms with Crippen molar-refractivity contribution in [1.29, 1.82) is 0 Å². The van der Waals surface area contributed by atoms with Crippen LogP contribution in [0.2, 0.25) is 0 Å². The Balaban J connectivity index is 1.61. The molecule has 1 aliphatic rings. The quantitative estimate of drug-likeness (QED) is 0.840. The summed E-state index contributed by atoms with van der Waals surface area (Å²) in [7, 11) is 0. The summed E-state index contributed by atoms with van der Waals surface area (Å²) in [5, 5.41) is 0. The predicted octanol–water partition coefficient (Wildman–Crippen LogP) is 3.39. The molecule has 3 nitrogen and oxygen atoms in total. The van der Waals surface area contributed by atoms with Crippen LogP contribution in [0, 0.1) is 0 Å². The van der Waals surface area contributed by atoms with Crippen molar-refractivity contribution in [1.82, 2.24) is 4.90 Å². The van der Waals surface area contributed by atoms with Gasteiger partial charge in [0.1, 0.15) is 12.4 Å². The number of carbonyl (C=O) groups is 1. The van der Waals surface area contributed by atoms with Gasteiger partial charge in [-0.3, -0.25) is 4.79 Å². The van der Waals surface area contributed by atoms with Crippen LogP contribution in [-0.4, -0.2) is 17.4 Å². The highest BCUT2D eigenvalue weighted by Crippen LogP contribution is 2.19. The number of carbonyl (C=O) groups excluding carboxylic acids is 1. The summed E-state index contributed by atoms with van der Waals surface area (Å²) in [4.78, 5) is 13.6. The zero-order valence-corrected chi connectivity index (χ0v) is 12.0. The van der Waals surface area contributed by atoms with E-state index >= 15 is 0 Å². The third-order valence-corrected chi connectivity index (χ3v) is 3.69. The standard InChI is InChI=1S/C18H19NO2/c20-18-10-5-11-19(18)13-16-8-4-9-17(12-16)21-14-15-6-2-1-3-7-15/h1-4,6-9,12H,5,10-11,13-14H2. The van der Waals surface area contributed by atoms with Crippen molar-refractivity contribution < 1.29 is 9.53 Å². The second-order valence-electron chi connectivity index (χ2n) is 5.34. The molecule has 0 atom stereocenters. The third kappa shape index (κ3) is 3.63.